The lowest BCUT2D eigenvalue weighted by Crippen LogP contribution is -2.41. The molecule has 0 aliphatic carbocycles. The number of carbonyl (C=O) groups is 3. The van der Waals surface area contributed by atoms with Crippen molar-refractivity contribution in [2.45, 2.75) is 51.2 Å². The van der Waals surface area contributed by atoms with Crippen molar-refractivity contribution in [3.63, 3.8) is 0 Å². The Bertz CT molecular complexity index is 1080. The Labute approximate surface area is 209 Å². The van der Waals surface area contributed by atoms with Gasteiger partial charge in [0.05, 0.1) is 18.8 Å². The van der Waals surface area contributed by atoms with Gasteiger partial charge < -0.3 is 19.7 Å². The minimum absolute atomic E-state index is 0.113. The number of hydrogen-bond acceptors (Lipinski definition) is 6. The molecule has 1 atom stereocenters. The number of piperidine rings is 1. The molecule has 4 rings (SSSR count). The third kappa shape index (κ3) is 6.71. The van der Waals surface area contributed by atoms with Gasteiger partial charge in [-0.3, -0.25) is 19.5 Å². The van der Waals surface area contributed by atoms with Gasteiger partial charge >= 0.3 is 6.09 Å². The van der Waals surface area contributed by atoms with E-state index in [9.17, 15) is 18.8 Å². The summed E-state index contributed by atoms with van der Waals surface area (Å²) in [5.74, 6) is -0.544. The minimum Gasteiger partial charge on any atom is -0.487 e. The molecule has 192 valence electrons. The maximum Gasteiger partial charge on any atom is 0.414 e. The van der Waals surface area contributed by atoms with Crippen LogP contribution in [0.5, 0.6) is 5.75 Å². The highest BCUT2D eigenvalue weighted by Crippen LogP contribution is 2.29. The van der Waals surface area contributed by atoms with E-state index in [1.165, 1.54) is 24.0 Å². The molecular weight excluding hydrogens is 467 g/mol. The average Bonchev–Trinajstić information content (AvgIpc) is 3.25. The molecule has 1 aromatic carbocycles. The number of ether oxygens (including phenoxy) is 2. The van der Waals surface area contributed by atoms with Gasteiger partial charge in [-0.1, -0.05) is 6.07 Å². The Morgan fingerprint density at radius 1 is 1.25 bits per heavy atom. The zero-order chi connectivity index (χ0) is 25.5. The number of benzene rings is 1. The predicted molar refractivity (Wildman–Crippen MR) is 130 cm³/mol. The lowest BCUT2D eigenvalue weighted by Gasteiger charge is -2.32. The van der Waals surface area contributed by atoms with Crippen LogP contribution in [0.2, 0.25) is 0 Å². The number of rotatable bonds is 9. The first-order chi connectivity index (χ1) is 17.4. The van der Waals surface area contributed by atoms with Crippen LogP contribution < -0.4 is 15.0 Å². The van der Waals surface area contributed by atoms with E-state index in [2.05, 4.69) is 10.3 Å². The fourth-order valence-electron chi connectivity index (χ4n) is 4.40. The SMILES string of the molecule is CC(=O)NC[C@H]1CN(c2ccc(OC3CCN(C(=O)CCCc4cccnc4)CC3)c(F)c2)C(=O)O1. The maximum absolute atomic E-state index is 14.8. The first-order valence-corrected chi connectivity index (χ1v) is 12.2. The Hall–Kier alpha value is -3.69. The topological polar surface area (TPSA) is 101 Å². The van der Waals surface area contributed by atoms with Crippen LogP contribution in [0.4, 0.5) is 14.9 Å². The molecule has 0 bridgehead atoms. The lowest BCUT2D eigenvalue weighted by molar-refractivity contribution is -0.133. The number of amides is 3. The summed E-state index contributed by atoms with van der Waals surface area (Å²) in [5.41, 5.74) is 1.48. The second-order valence-electron chi connectivity index (χ2n) is 9.08. The number of halogens is 1. The standard InChI is InChI=1S/C26H31FN4O5/c1-18(32)29-16-22-17-31(26(34)36-22)20-7-8-24(23(27)14-20)35-21-9-12-30(13-10-21)25(33)6-2-4-19-5-3-11-28-15-19/h3,5,7-8,11,14-15,21-22H,2,4,6,9-10,12-13,16-17H2,1H3,(H,29,32)/t22-/m0/s1. The van der Waals surface area contributed by atoms with Crippen LogP contribution in [0.25, 0.3) is 0 Å². The van der Waals surface area contributed by atoms with E-state index in [1.54, 1.807) is 12.3 Å². The van der Waals surface area contributed by atoms with Crippen LogP contribution in [0.15, 0.2) is 42.7 Å². The minimum atomic E-state index is -0.587. The van der Waals surface area contributed by atoms with Crippen LogP contribution in [-0.2, 0) is 20.7 Å². The van der Waals surface area contributed by atoms with Crippen molar-refractivity contribution in [2.75, 3.05) is 31.1 Å². The van der Waals surface area contributed by atoms with Crippen LogP contribution in [0, 0.1) is 5.82 Å². The molecule has 0 spiro atoms. The number of aromatic nitrogens is 1. The molecule has 2 fully saturated rings. The molecule has 1 aromatic heterocycles. The summed E-state index contributed by atoms with van der Waals surface area (Å²) in [5, 5.41) is 2.61. The zero-order valence-electron chi connectivity index (χ0n) is 20.3. The number of carbonyl (C=O) groups excluding carboxylic acids is 3. The molecule has 0 radical (unpaired) electrons. The second-order valence-corrected chi connectivity index (χ2v) is 9.08. The van der Waals surface area contributed by atoms with Gasteiger partial charge in [0, 0.05) is 57.7 Å². The van der Waals surface area contributed by atoms with Crippen molar-refractivity contribution in [3.8, 4) is 5.75 Å². The van der Waals surface area contributed by atoms with E-state index in [1.807, 2.05) is 23.2 Å². The van der Waals surface area contributed by atoms with Crippen LogP contribution >= 0.6 is 0 Å². The molecule has 10 heteroatoms. The maximum atomic E-state index is 14.8. The number of anilines is 1. The van der Waals surface area contributed by atoms with Gasteiger partial charge in [0.15, 0.2) is 11.6 Å². The zero-order valence-corrected chi connectivity index (χ0v) is 20.3. The van der Waals surface area contributed by atoms with Crippen molar-refractivity contribution in [3.05, 3.63) is 54.1 Å². The molecular formula is C26H31FN4O5. The summed E-state index contributed by atoms with van der Waals surface area (Å²) in [6.07, 6.45) is 5.61. The fourth-order valence-corrected chi connectivity index (χ4v) is 4.40. The second kappa shape index (κ2) is 11.8. The van der Waals surface area contributed by atoms with E-state index in [0.717, 1.165) is 18.4 Å². The van der Waals surface area contributed by atoms with Crippen molar-refractivity contribution < 1.29 is 28.2 Å². The Kier molecular flexibility index (Phi) is 8.35. The van der Waals surface area contributed by atoms with Crippen LogP contribution in [0.1, 0.15) is 38.2 Å². The molecule has 3 amide bonds. The van der Waals surface area contributed by atoms with E-state index < -0.39 is 18.0 Å². The first kappa shape index (κ1) is 25.4. The van der Waals surface area contributed by atoms with Crippen molar-refractivity contribution in [1.82, 2.24) is 15.2 Å². The smallest absolute Gasteiger partial charge is 0.414 e. The molecule has 2 saturated heterocycles. The molecule has 0 unspecified atom stereocenters. The van der Waals surface area contributed by atoms with Crippen LogP contribution in [0.3, 0.4) is 0 Å². The highest BCUT2D eigenvalue weighted by Gasteiger charge is 2.33. The summed E-state index contributed by atoms with van der Waals surface area (Å²) in [4.78, 5) is 43.1. The van der Waals surface area contributed by atoms with Crippen molar-refractivity contribution in [1.29, 1.82) is 0 Å². The fraction of sp³-hybridized carbons (Fsp3) is 0.462. The Morgan fingerprint density at radius 3 is 2.75 bits per heavy atom. The summed E-state index contributed by atoms with van der Waals surface area (Å²) in [6, 6.07) is 8.27. The van der Waals surface area contributed by atoms with Gasteiger partial charge in [0.1, 0.15) is 12.2 Å². The van der Waals surface area contributed by atoms with Gasteiger partial charge in [0.25, 0.3) is 0 Å². The Morgan fingerprint density at radius 2 is 2.06 bits per heavy atom. The molecule has 3 heterocycles. The van der Waals surface area contributed by atoms with Gasteiger partial charge in [-0.05, 0) is 36.6 Å². The number of nitrogens with one attached hydrogen (secondary N) is 1. The van der Waals surface area contributed by atoms with Gasteiger partial charge in [0.2, 0.25) is 11.8 Å². The number of aryl methyl sites for hydroxylation is 1. The predicted octanol–water partition coefficient (Wildman–Crippen LogP) is 3.07. The summed E-state index contributed by atoms with van der Waals surface area (Å²) in [7, 11) is 0. The monoisotopic (exact) mass is 498 g/mol. The highest BCUT2D eigenvalue weighted by molar-refractivity contribution is 5.90. The third-order valence-corrected chi connectivity index (χ3v) is 6.35. The molecule has 2 aliphatic rings. The summed E-state index contributed by atoms with van der Waals surface area (Å²) in [6.45, 7) is 2.95. The summed E-state index contributed by atoms with van der Waals surface area (Å²) >= 11 is 0. The number of cyclic esters (lactones) is 1. The number of pyridine rings is 1. The molecule has 36 heavy (non-hydrogen) atoms. The quantitative estimate of drug-likeness (QED) is 0.570. The van der Waals surface area contributed by atoms with Gasteiger partial charge in [-0.15, -0.1) is 0 Å². The van der Waals surface area contributed by atoms with Crippen molar-refractivity contribution >= 4 is 23.6 Å². The van der Waals surface area contributed by atoms with E-state index in [0.29, 0.717) is 38.0 Å². The lowest BCUT2D eigenvalue weighted by atomic mass is 10.1. The number of nitrogens with zero attached hydrogens (tertiary/aromatic N) is 3. The third-order valence-electron chi connectivity index (χ3n) is 6.35. The van der Waals surface area contributed by atoms with E-state index in [4.69, 9.17) is 9.47 Å². The molecule has 1 N–H and O–H groups in total. The summed E-state index contributed by atoms with van der Waals surface area (Å²) < 4.78 is 25.9. The van der Waals surface area contributed by atoms with Crippen molar-refractivity contribution in [2.24, 2.45) is 0 Å². The normalized spacial score (nSPS) is 18.2. The first-order valence-electron chi connectivity index (χ1n) is 12.2. The van der Waals surface area contributed by atoms with E-state index >= 15 is 0 Å². The number of likely N-dealkylation sites (tertiary alicyclic amines) is 1. The highest BCUT2D eigenvalue weighted by atomic mass is 19.1. The van der Waals surface area contributed by atoms with Gasteiger partial charge in [-0.25, -0.2) is 9.18 Å². The average molecular weight is 499 g/mol. The van der Waals surface area contributed by atoms with Gasteiger partial charge in [-0.2, -0.15) is 0 Å². The van der Waals surface area contributed by atoms with Crippen LogP contribution in [-0.4, -0.2) is 66.2 Å². The molecule has 9 nitrogen and oxygen atoms in total. The van der Waals surface area contributed by atoms with E-state index in [-0.39, 0.29) is 36.8 Å². The largest absolute Gasteiger partial charge is 0.487 e. The number of hydrogen-bond donors (Lipinski definition) is 1. The Balaban J connectivity index is 1.22. The molecule has 2 aromatic rings. The molecule has 2 aliphatic heterocycles. The molecule has 0 saturated carbocycles.